The average molecular weight is 443 g/mol. The Labute approximate surface area is 193 Å². The number of hydrogen-bond acceptors (Lipinski definition) is 4. The zero-order valence-corrected chi connectivity index (χ0v) is 18.2. The molecule has 6 heteroatoms. The number of para-hydroxylation sites is 1. The van der Waals surface area contributed by atoms with Gasteiger partial charge in [-0.05, 0) is 42.0 Å². The topological polar surface area (TPSA) is 76.7 Å². The molecule has 3 rings (SSSR count). The molecule has 0 aliphatic heterocycles. The molecule has 0 aliphatic rings. The van der Waals surface area contributed by atoms with Gasteiger partial charge in [-0.2, -0.15) is 0 Å². The summed E-state index contributed by atoms with van der Waals surface area (Å²) in [6.45, 7) is 0.355. The molecule has 0 saturated carbocycles. The van der Waals surface area contributed by atoms with Gasteiger partial charge in [0.1, 0.15) is 17.5 Å². The summed E-state index contributed by atoms with van der Waals surface area (Å²) in [4.78, 5) is 25.0. The Hall–Kier alpha value is -4.08. The summed E-state index contributed by atoms with van der Waals surface area (Å²) in [5.41, 5.74) is 1.55. The molecular formula is C27H26N2O4. The van der Waals surface area contributed by atoms with Crippen LogP contribution in [0.5, 0.6) is 11.5 Å². The number of anilines is 1. The molecule has 0 aromatic heterocycles. The second-order valence-electron chi connectivity index (χ2n) is 7.25. The Morgan fingerprint density at radius 1 is 0.879 bits per heavy atom. The Morgan fingerprint density at radius 2 is 1.52 bits per heavy atom. The van der Waals surface area contributed by atoms with Crippen LogP contribution in [-0.2, 0) is 20.9 Å². The number of terminal acetylenes is 1. The molecule has 168 valence electrons. The number of carbonyl (C=O) groups excluding carboxylic acids is 2. The van der Waals surface area contributed by atoms with Crippen molar-refractivity contribution in [2.45, 2.75) is 25.5 Å². The highest BCUT2D eigenvalue weighted by Gasteiger charge is 2.21. The van der Waals surface area contributed by atoms with Crippen LogP contribution in [0.1, 0.15) is 18.4 Å². The van der Waals surface area contributed by atoms with E-state index in [1.807, 2.05) is 60.7 Å². The van der Waals surface area contributed by atoms with Crippen molar-refractivity contribution < 1.29 is 19.1 Å². The molecular weight excluding hydrogens is 416 g/mol. The maximum atomic E-state index is 12.9. The van der Waals surface area contributed by atoms with Gasteiger partial charge in [0.2, 0.25) is 11.8 Å². The normalized spacial score (nSPS) is 11.1. The molecule has 0 aliphatic carbocycles. The first-order chi connectivity index (χ1) is 16.1. The number of amides is 2. The second-order valence-corrected chi connectivity index (χ2v) is 7.25. The van der Waals surface area contributed by atoms with Gasteiger partial charge in [-0.25, -0.2) is 0 Å². The molecule has 2 amide bonds. The van der Waals surface area contributed by atoms with Gasteiger partial charge >= 0.3 is 0 Å². The first-order valence-corrected chi connectivity index (χ1v) is 10.6. The molecule has 1 unspecified atom stereocenters. The SMILES string of the molecule is C#CCCC(=O)NC(COCc1ccccc1)C(=O)Nc1ccc(Oc2ccccc2)cc1. The first kappa shape index (κ1) is 23.6. The molecule has 0 radical (unpaired) electrons. The summed E-state index contributed by atoms with van der Waals surface area (Å²) >= 11 is 0. The molecule has 33 heavy (non-hydrogen) atoms. The van der Waals surface area contributed by atoms with Crippen LogP contribution in [0.3, 0.4) is 0 Å². The van der Waals surface area contributed by atoms with Crippen LogP contribution in [0, 0.1) is 12.3 Å². The van der Waals surface area contributed by atoms with E-state index in [0.29, 0.717) is 24.5 Å². The van der Waals surface area contributed by atoms with Crippen LogP contribution in [0.4, 0.5) is 5.69 Å². The molecule has 6 nitrogen and oxygen atoms in total. The van der Waals surface area contributed by atoms with Gasteiger partial charge in [0.15, 0.2) is 0 Å². The van der Waals surface area contributed by atoms with Crippen molar-refractivity contribution in [3.8, 4) is 23.8 Å². The van der Waals surface area contributed by atoms with E-state index in [1.54, 1.807) is 24.3 Å². The highest BCUT2D eigenvalue weighted by Crippen LogP contribution is 2.22. The number of hydrogen-bond donors (Lipinski definition) is 2. The number of nitrogens with one attached hydrogen (secondary N) is 2. The van der Waals surface area contributed by atoms with E-state index in [9.17, 15) is 9.59 Å². The summed E-state index contributed by atoms with van der Waals surface area (Å²) in [7, 11) is 0. The number of carbonyl (C=O) groups is 2. The quantitative estimate of drug-likeness (QED) is 0.428. The monoisotopic (exact) mass is 442 g/mol. The van der Waals surface area contributed by atoms with E-state index in [2.05, 4.69) is 16.6 Å². The van der Waals surface area contributed by atoms with Gasteiger partial charge < -0.3 is 20.1 Å². The van der Waals surface area contributed by atoms with Crippen LogP contribution in [-0.4, -0.2) is 24.5 Å². The van der Waals surface area contributed by atoms with Crippen LogP contribution in [0.25, 0.3) is 0 Å². The van der Waals surface area contributed by atoms with Gasteiger partial charge in [0, 0.05) is 18.5 Å². The molecule has 3 aromatic rings. The second kappa shape index (κ2) is 12.7. The molecule has 0 heterocycles. The molecule has 0 fully saturated rings. The maximum absolute atomic E-state index is 12.9. The number of ether oxygens (including phenoxy) is 2. The number of benzene rings is 3. The summed E-state index contributed by atoms with van der Waals surface area (Å²) in [6.07, 6.45) is 5.67. The van der Waals surface area contributed by atoms with Gasteiger partial charge in [0.05, 0.1) is 13.2 Å². The minimum Gasteiger partial charge on any atom is -0.457 e. The number of rotatable bonds is 11. The van der Waals surface area contributed by atoms with Gasteiger partial charge in [-0.15, -0.1) is 12.3 Å². The average Bonchev–Trinajstić information content (AvgIpc) is 2.84. The molecule has 2 N–H and O–H groups in total. The van der Waals surface area contributed by atoms with E-state index < -0.39 is 6.04 Å². The van der Waals surface area contributed by atoms with Gasteiger partial charge in [-0.3, -0.25) is 9.59 Å². The van der Waals surface area contributed by atoms with E-state index in [-0.39, 0.29) is 24.8 Å². The van der Waals surface area contributed by atoms with Gasteiger partial charge in [-0.1, -0.05) is 48.5 Å². The molecule has 3 aromatic carbocycles. The van der Waals surface area contributed by atoms with Crippen molar-refractivity contribution in [1.82, 2.24) is 5.32 Å². The molecule has 0 bridgehead atoms. The lowest BCUT2D eigenvalue weighted by Gasteiger charge is -2.19. The van der Waals surface area contributed by atoms with Gasteiger partial charge in [0.25, 0.3) is 0 Å². The zero-order chi connectivity index (χ0) is 23.3. The fourth-order valence-electron chi connectivity index (χ4n) is 2.96. The lowest BCUT2D eigenvalue weighted by Crippen LogP contribution is -2.46. The Kier molecular flexibility index (Phi) is 9.07. The van der Waals surface area contributed by atoms with Crippen molar-refractivity contribution in [1.29, 1.82) is 0 Å². The lowest BCUT2D eigenvalue weighted by molar-refractivity contribution is -0.127. The van der Waals surface area contributed by atoms with E-state index in [4.69, 9.17) is 15.9 Å². The summed E-state index contributed by atoms with van der Waals surface area (Å²) in [5, 5.41) is 5.52. The van der Waals surface area contributed by atoms with Crippen LogP contribution in [0.15, 0.2) is 84.9 Å². The first-order valence-electron chi connectivity index (χ1n) is 10.6. The fourth-order valence-corrected chi connectivity index (χ4v) is 2.96. The summed E-state index contributed by atoms with van der Waals surface area (Å²) in [6, 6.07) is 25.1. The molecule has 0 saturated heterocycles. The maximum Gasteiger partial charge on any atom is 0.249 e. The molecule has 0 spiro atoms. The van der Waals surface area contributed by atoms with Crippen molar-refractivity contribution >= 4 is 17.5 Å². The lowest BCUT2D eigenvalue weighted by atomic mass is 10.2. The highest BCUT2D eigenvalue weighted by molar-refractivity contribution is 5.97. The van der Waals surface area contributed by atoms with E-state index >= 15 is 0 Å². The third-order valence-electron chi connectivity index (χ3n) is 4.64. The summed E-state index contributed by atoms with van der Waals surface area (Å²) in [5.74, 6) is 3.11. The van der Waals surface area contributed by atoms with Crippen LogP contribution < -0.4 is 15.4 Å². The molecule has 1 atom stereocenters. The predicted molar refractivity (Wildman–Crippen MR) is 128 cm³/mol. The van der Waals surface area contributed by atoms with E-state index in [0.717, 1.165) is 11.3 Å². The largest absolute Gasteiger partial charge is 0.457 e. The Bertz CT molecular complexity index is 1060. The Morgan fingerprint density at radius 3 is 2.18 bits per heavy atom. The van der Waals surface area contributed by atoms with Crippen LogP contribution in [0.2, 0.25) is 0 Å². The minimum absolute atomic E-state index is 0.0255. The van der Waals surface area contributed by atoms with Crippen molar-refractivity contribution in [3.05, 3.63) is 90.5 Å². The summed E-state index contributed by atoms with van der Waals surface area (Å²) < 4.78 is 11.5. The van der Waals surface area contributed by atoms with E-state index in [1.165, 1.54) is 0 Å². The third kappa shape index (κ3) is 8.17. The Balaban J connectivity index is 1.59. The smallest absolute Gasteiger partial charge is 0.249 e. The standard InChI is InChI=1S/C27H26N2O4/c1-2-3-14-26(30)29-25(20-32-19-21-10-6-4-7-11-21)27(31)28-22-15-17-24(18-16-22)33-23-12-8-5-9-13-23/h1,4-13,15-18,25H,3,14,19-20H2,(H,28,31)(H,29,30). The zero-order valence-electron chi connectivity index (χ0n) is 18.2. The fraction of sp³-hybridized carbons (Fsp3) is 0.185. The highest BCUT2D eigenvalue weighted by atomic mass is 16.5. The minimum atomic E-state index is -0.862. The predicted octanol–water partition coefficient (Wildman–Crippen LogP) is 4.53. The van der Waals surface area contributed by atoms with Crippen molar-refractivity contribution in [3.63, 3.8) is 0 Å². The van der Waals surface area contributed by atoms with Crippen LogP contribution >= 0.6 is 0 Å². The van der Waals surface area contributed by atoms with Crippen molar-refractivity contribution in [2.75, 3.05) is 11.9 Å². The van der Waals surface area contributed by atoms with Crippen molar-refractivity contribution in [2.24, 2.45) is 0 Å². The third-order valence-corrected chi connectivity index (χ3v) is 4.64.